The first-order chi connectivity index (χ1) is 6.90. The van der Waals surface area contributed by atoms with Gasteiger partial charge < -0.3 is 7.43 Å². The van der Waals surface area contributed by atoms with E-state index in [1.54, 1.807) is 12.1 Å². The molecule has 0 fully saturated rings. The van der Waals surface area contributed by atoms with Gasteiger partial charge in [0.15, 0.2) is 0 Å². The van der Waals surface area contributed by atoms with Gasteiger partial charge in [0.2, 0.25) is 0 Å². The third kappa shape index (κ3) is 3.51. The van der Waals surface area contributed by atoms with Crippen LogP contribution in [-0.4, -0.2) is 4.98 Å². The molecule has 0 saturated carbocycles. The number of pyridine rings is 1. The molecule has 3 heteroatoms. The summed E-state index contributed by atoms with van der Waals surface area (Å²) in [7, 11) is 0. The first kappa shape index (κ1) is 14.9. The molecule has 1 heterocycles. The topological polar surface area (TPSA) is 12.9 Å². The smallest absolute Gasteiger partial charge is 0.130 e. The van der Waals surface area contributed by atoms with Crippen LogP contribution in [0.4, 0.5) is 4.39 Å². The number of hydrogen-bond donors (Lipinski definition) is 0. The summed E-state index contributed by atoms with van der Waals surface area (Å²) in [5, 5.41) is 0. The standard InChI is InChI=1S/C12H9FN.CH3.Ir/c13-9-11-7-4-8-12(14-11)10-5-2-1-3-6-10;;/h1-5,7-8H,9H2;1H3;/q2*-1;. The Morgan fingerprint density at radius 1 is 1.12 bits per heavy atom. The van der Waals surface area contributed by atoms with Crippen molar-refractivity contribution < 1.29 is 24.5 Å². The minimum absolute atomic E-state index is 0. The van der Waals surface area contributed by atoms with Crippen molar-refractivity contribution in [2.75, 3.05) is 0 Å². The Morgan fingerprint density at radius 3 is 2.56 bits per heavy atom. The summed E-state index contributed by atoms with van der Waals surface area (Å²) >= 11 is 0. The molecule has 87 valence electrons. The van der Waals surface area contributed by atoms with Gasteiger partial charge in [0.25, 0.3) is 0 Å². The van der Waals surface area contributed by atoms with Crippen molar-refractivity contribution in [3.05, 3.63) is 61.7 Å². The summed E-state index contributed by atoms with van der Waals surface area (Å²) in [6.07, 6.45) is 0. The Kier molecular flexibility index (Phi) is 6.78. The predicted octanol–water partition coefficient (Wildman–Crippen LogP) is 3.47. The Labute approximate surface area is 109 Å². The fraction of sp³-hybridized carbons (Fsp3) is 0.0769. The van der Waals surface area contributed by atoms with Crippen molar-refractivity contribution in [1.82, 2.24) is 4.98 Å². The Hall–Kier alpha value is -1.05. The molecule has 0 atom stereocenters. The summed E-state index contributed by atoms with van der Waals surface area (Å²) in [6.45, 7) is -0.527. The van der Waals surface area contributed by atoms with Crippen LogP contribution in [-0.2, 0) is 26.8 Å². The summed E-state index contributed by atoms with van der Waals surface area (Å²) < 4.78 is 12.3. The number of aromatic nitrogens is 1. The van der Waals surface area contributed by atoms with Crippen LogP contribution >= 0.6 is 0 Å². The van der Waals surface area contributed by atoms with E-state index in [1.165, 1.54) is 0 Å². The molecule has 0 unspecified atom stereocenters. The van der Waals surface area contributed by atoms with E-state index in [0.29, 0.717) is 5.69 Å². The SMILES string of the molecule is FCc1cccc(-c2[c-]cccc2)n1.[CH3-].[Ir]. The van der Waals surface area contributed by atoms with Crippen molar-refractivity contribution in [2.45, 2.75) is 6.67 Å². The molecule has 0 spiro atoms. The molecule has 2 aromatic rings. The van der Waals surface area contributed by atoms with E-state index >= 15 is 0 Å². The van der Waals surface area contributed by atoms with Gasteiger partial charge >= 0.3 is 0 Å². The zero-order chi connectivity index (χ0) is 9.80. The van der Waals surface area contributed by atoms with E-state index in [0.717, 1.165) is 11.3 Å². The number of rotatable bonds is 2. The van der Waals surface area contributed by atoms with Crippen LogP contribution in [0, 0.1) is 13.5 Å². The average Bonchev–Trinajstić information content (AvgIpc) is 2.30. The zero-order valence-electron chi connectivity index (χ0n) is 8.91. The van der Waals surface area contributed by atoms with E-state index in [4.69, 9.17) is 0 Å². The quantitative estimate of drug-likeness (QED) is 0.712. The third-order valence-electron chi connectivity index (χ3n) is 1.93. The van der Waals surface area contributed by atoms with Crippen LogP contribution < -0.4 is 0 Å². The van der Waals surface area contributed by atoms with Gasteiger partial charge in [0.1, 0.15) is 6.67 Å². The second-order valence-corrected chi connectivity index (χ2v) is 2.92. The summed E-state index contributed by atoms with van der Waals surface area (Å²) in [5.41, 5.74) is 2.11. The Bertz CT molecular complexity index is 417. The van der Waals surface area contributed by atoms with E-state index in [1.807, 2.05) is 30.3 Å². The minimum Gasteiger partial charge on any atom is -0.358 e. The van der Waals surface area contributed by atoms with Gasteiger partial charge in [-0.3, -0.25) is 4.98 Å². The van der Waals surface area contributed by atoms with Crippen molar-refractivity contribution in [1.29, 1.82) is 0 Å². The third-order valence-corrected chi connectivity index (χ3v) is 1.93. The van der Waals surface area contributed by atoms with Crippen LogP contribution in [0.3, 0.4) is 0 Å². The van der Waals surface area contributed by atoms with E-state index in [9.17, 15) is 4.39 Å². The maximum atomic E-state index is 12.3. The molecule has 0 N–H and O–H groups in total. The van der Waals surface area contributed by atoms with Crippen molar-refractivity contribution in [3.63, 3.8) is 0 Å². The molecule has 1 nitrogen and oxygen atoms in total. The maximum absolute atomic E-state index is 12.3. The number of halogens is 1. The van der Waals surface area contributed by atoms with E-state index in [-0.39, 0.29) is 27.5 Å². The molecule has 0 amide bonds. The van der Waals surface area contributed by atoms with Crippen molar-refractivity contribution in [3.8, 4) is 11.3 Å². The second kappa shape index (κ2) is 7.26. The fourth-order valence-corrected chi connectivity index (χ4v) is 1.26. The van der Waals surface area contributed by atoms with Gasteiger partial charge in [0.05, 0.1) is 5.69 Å². The van der Waals surface area contributed by atoms with Crippen molar-refractivity contribution >= 4 is 0 Å². The minimum atomic E-state index is -0.527. The molecule has 1 aromatic heterocycles. The molecule has 1 radical (unpaired) electrons. The zero-order valence-corrected chi connectivity index (χ0v) is 11.3. The monoisotopic (exact) mass is 394 g/mol. The molecule has 0 aliphatic rings. The van der Waals surface area contributed by atoms with Crippen LogP contribution in [0.15, 0.2) is 42.5 Å². The summed E-state index contributed by atoms with van der Waals surface area (Å²) in [5.74, 6) is 0. The first-order valence-electron chi connectivity index (χ1n) is 4.39. The van der Waals surface area contributed by atoms with Crippen LogP contribution in [0.25, 0.3) is 11.3 Å². The Balaban J connectivity index is 0.00000112. The maximum Gasteiger partial charge on any atom is 0.130 e. The number of hydrogen-bond acceptors (Lipinski definition) is 1. The van der Waals surface area contributed by atoms with Crippen LogP contribution in [0.2, 0.25) is 0 Å². The van der Waals surface area contributed by atoms with Gasteiger partial charge in [-0.25, -0.2) is 4.39 Å². The van der Waals surface area contributed by atoms with E-state index in [2.05, 4.69) is 11.1 Å². The largest absolute Gasteiger partial charge is 0.358 e. The van der Waals surface area contributed by atoms with Gasteiger partial charge in [-0.15, -0.1) is 35.9 Å². The molecule has 16 heavy (non-hydrogen) atoms. The van der Waals surface area contributed by atoms with Crippen LogP contribution in [0.1, 0.15) is 5.69 Å². The van der Waals surface area contributed by atoms with Crippen molar-refractivity contribution in [2.24, 2.45) is 0 Å². The van der Waals surface area contributed by atoms with Crippen LogP contribution in [0.5, 0.6) is 0 Å². The van der Waals surface area contributed by atoms with E-state index < -0.39 is 6.67 Å². The fourth-order valence-electron chi connectivity index (χ4n) is 1.26. The summed E-state index contributed by atoms with van der Waals surface area (Å²) in [4.78, 5) is 4.16. The van der Waals surface area contributed by atoms with Gasteiger partial charge in [0, 0.05) is 20.1 Å². The average molecular weight is 393 g/mol. The molecule has 0 saturated heterocycles. The molecule has 1 aromatic carbocycles. The molecular weight excluding hydrogens is 381 g/mol. The Morgan fingerprint density at radius 2 is 1.94 bits per heavy atom. The number of nitrogens with zero attached hydrogens (tertiary/aromatic N) is 1. The number of alkyl halides is 1. The summed E-state index contributed by atoms with van der Waals surface area (Å²) in [6, 6.07) is 15.9. The second-order valence-electron chi connectivity index (χ2n) is 2.92. The normalized spacial score (nSPS) is 8.81. The number of benzene rings is 1. The molecule has 2 rings (SSSR count). The van der Waals surface area contributed by atoms with Gasteiger partial charge in [-0.1, -0.05) is 12.1 Å². The molecular formula is C13H12FIrN-2. The molecule has 0 aliphatic heterocycles. The van der Waals surface area contributed by atoms with Gasteiger partial charge in [-0.05, 0) is 11.8 Å². The first-order valence-corrected chi connectivity index (χ1v) is 4.39. The van der Waals surface area contributed by atoms with Gasteiger partial charge in [-0.2, -0.15) is 0 Å². The molecule has 0 aliphatic carbocycles. The predicted molar refractivity (Wildman–Crippen MR) is 59.7 cm³/mol. The molecule has 0 bridgehead atoms.